The van der Waals surface area contributed by atoms with E-state index in [1.807, 2.05) is 25.1 Å². The van der Waals surface area contributed by atoms with E-state index in [4.69, 9.17) is 32.5 Å². The second-order valence-corrected chi connectivity index (χ2v) is 5.69. The Morgan fingerprint density at radius 1 is 1.25 bits per heavy atom. The lowest BCUT2D eigenvalue weighted by molar-refractivity contribution is 0.378. The van der Waals surface area contributed by atoms with Gasteiger partial charge in [0.1, 0.15) is 5.02 Å². The molecule has 0 radical (unpaired) electrons. The lowest BCUT2D eigenvalue weighted by Crippen LogP contribution is -2.02. The molecule has 0 fully saturated rings. The molecule has 0 bridgehead atoms. The van der Waals surface area contributed by atoms with Gasteiger partial charge in [-0.1, -0.05) is 47.4 Å². The monoisotopic (exact) mass is 364 g/mol. The first kappa shape index (κ1) is 16.5. The molecule has 8 heteroatoms. The number of rotatable bonds is 6. The van der Waals surface area contributed by atoms with Gasteiger partial charge in [0.2, 0.25) is 11.8 Å². The summed E-state index contributed by atoms with van der Waals surface area (Å²) < 4.78 is 10.9. The molecule has 1 N–H and O–H groups in total. The first-order valence-electron chi connectivity index (χ1n) is 7.29. The molecule has 0 saturated carbocycles. The highest BCUT2D eigenvalue weighted by atomic mass is 35.5. The lowest BCUT2D eigenvalue weighted by atomic mass is 10.3. The van der Waals surface area contributed by atoms with Gasteiger partial charge in [0.15, 0.2) is 11.6 Å². The van der Waals surface area contributed by atoms with Crippen LogP contribution in [0.2, 0.25) is 10.0 Å². The molecule has 0 spiro atoms. The van der Waals surface area contributed by atoms with Gasteiger partial charge in [0, 0.05) is 12.6 Å². The fourth-order valence-corrected chi connectivity index (χ4v) is 2.38. The molecule has 3 aromatic rings. The van der Waals surface area contributed by atoms with E-state index in [0.717, 1.165) is 12.1 Å². The molecule has 2 heterocycles. The molecule has 0 saturated heterocycles. The number of halogens is 2. The van der Waals surface area contributed by atoms with Gasteiger partial charge < -0.3 is 14.6 Å². The Morgan fingerprint density at radius 2 is 2.08 bits per heavy atom. The molecule has 0 atom stereocenters. The minimum Gasteiger partial charge on any atom is -0.435 e. The van der Waals surface area contributed by atoms with Gasteiger partial charge in [0.05, 0.1) is 17.3 Å². The highest BCUT2D eigenvalue weighted by Crippen LogP contribution is 2.33. The Labute approximate surface area is 148 Å². The van der Waals surface area contributed by atoms with Gasteiger partial charge in [-0.15, -0.1) is 0 Å². The average Bonchev–Trinajstić information content (AvgIpc) is 3.04. The number of anilines is 1. The van der Waals surface area contributed by atoms with E-state index < -0.39 is 0 Å². The van der Waals surface area contributed by atoms with Crippen molar-refractivity contribution < 1.29 is 9.26 Å². The van der Waals surface area contributed by atoms with Gasteiger partial charge in [-0.25, -0.2) is 4.98 Å². The second-order valence-electron chi connectivity index (χ2n) is 4.85. The minimum atomic E-state index is 0.279. The van der Waals surface area contributed by atoms with Crippen molar-refractivity contribution in [3.05, 3.63) is 58.3 Å². The van der Waals surface area contributed by atoms with Crippen LogP contribution in [0.15, 0.2) is 41.1 Å². The van der Waals surface area contributed by atoms with Crippen molar-refractivity contribution in [1.29, 1.82) is 0 Å². The number of para-hydroxylation sites is 2. The van der Waals surface area contributed by atoms with E-state index in [0.29, 0.717) is 34.1 Å². The van der Waals surface area contributed by atoms with Crippen molar-refractivity contribution >= 4 is 28.9 Å². The maximum Gasteiger partial charge on any atom is 0.245 e. The zero-order valence-electron chi connectivity index (χ0n) is 12.8. The molecule has 0 aliphatic carbocycles. The molecule has 24 heavy (non-hydrogen) atoms. The van der Waals surface area contributed by atoms with Gasteiger partial charge in [-0.2, -0.15) is 4.98 Å². The highest BCUT2D eigenvalue weighted by Gasteiger charge is 2.10. The summed E-state index contributed by atoms with van der Waals surface area (Å²) in [6.07, 6.45) is 2.20. The Morgan fingerprint density at radius 3 is 2.83 bits per heavy atom. The van der Waals surface area contributed by atoms with E-state index in [1.54, 1.807) is 12.1 Å². The third kappa shape index (κ3) is 3.96. The van der Waals surface area contributed by atoms with Gasteiger partial charge in [-0.3, -0.25) is 0 Å². The molecule has 124 valence electrons. The predicted molar refractivity (Wildman–Crippen MR) is 91.8 cm³/mol. The molecule has 0 unspecified atom stereocenters. The Kier molecular flexibility index (Phi) is 5.17. The van der Waals surface area contributed by atoms with Crippen LogP contribution < -0.4 is 10.1 Å². The zero-order chi connectivity index (χ0) is 16.9. The Hall–Kier alpha value is -2.31. The number of hydrogen-bond donors (Lipinski definition) is 1. The van der Waals surface area contributed by atoms with Gasteiger partial charge in [-0.05, 0) is 18.2 Å². The maximum absolute atomic E-state index is 6.10. The smallest absolute Gasteiger partial charge is 0.245 e. The fraction of sp³-hybridized carbons (Fsp3) is 0.188. The molecule has 2 aromatic heterocycles. The normalized spacial score (nSPS) is 10.6. The molecule has 0 amide bonds. The van der Waals surface area contributed by atoms with E-state index >= 15 is 0 Å². The molecule has 1 aromatic carbocycles. The second kappa shape index (κ2) is 7.51. The number of hydrogen-bond acceptors (Lipinski definition) is 6. The van der Waals surface area contributed by atoms with Crippen molar-refractivity contribution in [3.8, 4) is 11.6 Å². The number of pyridine rings is 1. The molecular formula is C16H14Cl2N4O2. The Bertz CT molecular complexity index is 838. The largest absolute Gasteiger partial charge is 0.435 e. The van der Waals surface area contributed by atoms with Gasteiger partial charge in [0.25, 0.3) is 0 Å². The summed E-state index contributed by atoms with van der Waals surface area (Å²) in [5, 5.41) is 7.84. The summed E-state index contributed by atoms with van der Waals surface area (Å²) >= 11 is 11.9. The van der Waals surface area contributed by atoms with Crippen molar-refractivity contribution in [2.75, 3.05) is 5.32 Å². The maximum atomic E-state index is 6.10. The topological polar surface area (TPSA) is 73.1 Å². The SMILES string of the molecule is CCc1noc(CNc2ccccc2Oc2ncc(Cl)cc2Cl)n1. The first-order chi connectivity index (χ1) is 11.7. The number of nitrogens with one attached hydrogen (secondary N) is 1. The summed E-state index contributed by atoms with van der Waals surface area (Å²) in [6.45, 7) is 2.35. The van der Waals surface area contributed by atoms with Crippen molar-refractivity contribution in [1.82, 2.24) is 15.1 Å². The summed E-state index contributed by atoms with van der Waals surface area (Å²) in [5.41, 5.74) is 0.751. The lowest BCUT2D eigenvalue weighted by Gasteiger charge is -2.12. The number of benzene rings is 1. The minimum absolute atomic E-state index is 0.279. The molecule has 3 rings (SSSR count). The zero-order valence-corrected chi connectivity index (χ0v) is 14.3. The van der Waals surface area contributed by atoms with Crippen LogP contribution >= 0.6 is 23.2 Å². The van der Waals surface area contributed by atoms with Crippen LogP contribution in [0.3, 0.4) is 0 Å². The van der Waals surface area contributed by atoms with E-state index in [9.17, 15) is 0 Å². The van der Waals surface area contributed by atoms with Gasteiger partial charge >= 0.3 is 0 Å². The third-order valence-electron chi connectivity index (χ3n) is 3.12. The van der Waals surface area contributed by atoms with Crippen LogP contribution in [0.1, 0.15) is 18.6 Å². The molecule has 0 aliphatic rings. The average molecular weight is 365 g/mol. The molecular weight excluding hydrogens is 351 g/mol. The van der Waals surface area contributed by atoms with Crippen LogP contribution in [-0.2, 0) is 13.0 Å². The van der Waals surface area contributed by atoms with Crippen LogP contribution in [0.5, 0.6) is 11.6 Å². The first-order valence-corrected chi connectivity index (χ1v) is 8.04. The predicted octanol–water partition coefficient (Wildman–Crippen LogP) is 4.74. The van der Waals surface area contributed by atoms with Crippen molar-refractivity contribution in [3.63, 3.8) is 0 Å². The van der Waals surface area contributed by atoms with Crippen LogP contribution in [0, 0.1) is 0 Å². The number of nitrogens with zero attached hydrogens (tertiary/aromatic N) is 3. The summed E-state index contributed by atoms with van der Waals surface area (Å²) in [4.78, 5) is 8.34. The Balaban J connectivity index is 1.75. The molecule has 6 nitrogen and oxygen atoms in total. The van der Waals surface area contributed by atoms with E-state index in [1.165, 1.54) is 6.20 Å². The number of ether oxygens (including phenoxy) is 1. The van der Waals surface area contributed by atoms with Crippen LogP contribution in [0.25, 0.3) is 0 Å². The summed E-state index contributed by atoms with van der Waals surface area (Å²) in [5.74, 6) is 2.03. The number of aryl methyl sites for hydroxylation is 1. The summed E-state index contributed by atoms with van der Waals surface area (Å²) in [6, 6.07) is 8.99. The standard InChI is InChI=1S/C16H14Cl2N4O2/c1-2-14-21-15(24-22-14)9-19-12-5-3-4-6-13(12)23-16-11(18)7-10(17)8-20-16/h3-8,19H,2,9H2,1H3. The fourth-order valence-electron chi connectivity index (χ4n) is 1.96. The number of aromatic nitrogens is 3. The van der Waals surface area contributed by atoms with E-state index in [-0.39, 0.29) is 5.88 Å². The van der Waals surface area contributed by atoms with Crippen LogP contribution in [-0.4, -0.2) is 15.1 Å². The van der Waals surface area contributed by atoms with Crippen LogP contribution in [0.4, 0.5) is 5.69 Å². The third-order valence-corrected chi connectivity index (χ3v) is 3.60. The van der Waals surface area contributed by atoms with E-state index in [2.05, 4.69) is 20.4 Å². The van der Waals surface area contributed by atoms with Crippen molar-refractivity contribution in [2.24, 2.45) is 0 Å². The van der Waals surface area contributed by atoms with Crippen molar-refractivity contribution in [2.45, 2.75) is 19.9 Å². The summed E-state index contributed by atoms with van der Waals surface area (Å²) in [7, 11) is 0. The quantitative estimate of drug-likeness (QED) is 0.680. The molecule has 0 aliphatic heterocycles. The highest BCUT2D eigenvalue weighted by molar-refractivity contribution is 6.35.